The highest BCUT2D eigenvalue weighted by Crippen LogP contribution is 2.48. The third kappa shape index (κ3) is 1.28. The van der Waals surface area contributed by atoms with Crippen LogP contribution in [0.1, 0.15) is 81.7 Å². The maximum absolute atomic E-state index is 4.62. The molecule has 2 heterocycles. The van der Waals surface area contributed by atoms with Gasteiger partial charge in [-0.2, -0.15) is 0 Å². The molecule has 2 bridgehead atoms. The van der Waals surface area contributed by atoms with Gasteiger partial charge < -0.3 is 5.32 Å². The van der Waals surface area contributed by atoms with Crippen molar-refractivity contribution in [2.75, 3.05) is 13.1 Å². The summed E-state index contributed by atoms with van der Waals surface area (Å²) < 4.78 is 0. The zero-order valence-electron chi connectivity index (χ0n) is 10.8. The van der Waals surface area contributed by atoms with Crippen LogP contribution in [0.4, 0.5) is 0 Å². The van der Waals surface area contributed by atoms with Crippen molar-refractivity contribution in [1.82, 2.24) is 15.3 Å². The summed E-state index contributed by atoms with van der Waals surface area (Å²) in [5.41, 5.74) is 6.35. The first-order chi connectivity index (χ1) is 8.66. The molecule has 2 atom stereocenters. The Labute approximate surface area is 154 Å². The summed E-state index contributed by atoms with van der Waals surface area (Å²) in [6.07, 6.45) is 3.13. The van der Waals surface area contributed by atoms with E-state index in [0.717, 1.165) is 29.8 Å². The van der Waals surface area contributed by atoms with Gasteiger partial charge in [0.05, 0.1) is 16.7 Å². The Balaban J connectivity index is -0.00000000510. The van der Waals surface area contributed by atoms with Crippen molar-refractivity contribution in [2.24, 2.45) is 0 Å². The Morgan fingerprint density at radius 2 is 2.28 bits per heavy atom. The highest BCUT2D eigenvalue weighted by atomic mass is 14.9. The monoisotopic (exact) mass is 304 g/mol. The lowest BCUT2D eigenvalue weighted by molar-refractivity contribution is 0.346. The number of fused-ring (bicyclic) bond motifs is 6. The molecule has 0 radical (unpaired) electrons. The number of hydrogen-bond donors (Lipinski definition) is 1. The summed E-state index contributed by atoms with van der Waals surface area (Å²) in [7, 11) is 0. The van der Waals surface area contributed by atoms with Gasteiger partial charge in [-0.25, -0.2) is 4.98 Å². The van der Waals surface area contributed by atoms with Crippen LogP contribution in [-0.2, 0) is 5.41 Å². The first-order valence-corrected chi connectivity index (χ1v) is 6.64. The highest BCUT2D eigenvalue weighted by Gasteiger charge is 2.43. The summed E-state index contributed by atoms with van der Waals surface area (Å²) in [5.74, 6) is 0.659. The molecule has 2 aromatic rings. The van der Waals surface area contributed by atoms with Gasteiger partial charge in [-0.1, -0.05) is 6.92 Å². The highest BCUT2D eigenvalue weighted by molar-refractivity contribution is 5.78. The Morgan fingerprint density at radius 1 is 1.39 bits per heavy atom. The van der Waals surface area contributed by atoms with Gasteiger partial charge in [0.25, 0.3) is 0 Å². The molecule has 1 fully saturated rings. The van der Waals surface area contributed by atoms with Gasteiger partial charge in [-0.3, -0.25) is 4.98 Å². The zero-order valence-corrected chi connectivity index (χ0v) is 10.8. The predicted octanol–water partition coefficient (Wildman–Crippen LogP) is 10.2. The number of aryl methyl sites for hydroxylation is 1. The molecular formula is C15H81N3. The standard InChI is InChI=1S/C15H17N3.32H2/c1-9-6-17-13-3-11-10-5-15(2,8-16-7-10)12(11)4-14(13)18-9;;;;;;;;;;;;;;;;;;;;;;;;;;;;;;;;/h3-4,6,10,16H,5,7-8H2,1-2H3;32*1H/t10-,15+;;;;;;;;;;;;;;;;;;;;;;;;;;;;;;;;/m0................................/s1. The van der Waals surface area contributed by atoms with Crippen molar-refractivity contribution >= 4 is 11.0 Å². The largest absolute Gasteiger partial charge is 0.315 e. The van der Waals surface area contributed by atoms with Crippen molar-refractivity contribution in [2.45, 2.75) is 31.6 Å². The summed E-state index contributed by atoms with van der Waals surface area (Å²) in [6.45, 7) is 6.56. The van der Waals surface area contributed by atoms with E-state index >= 15 is 0 Å². The molecular weight excluding hydrogens is 222 g/mol. The van der Waals surface area contributed by atoms with Crippen molar-refractivity contribution in [3.8, 4) is 0 Å². The van der Waals surface area contributed by atoms with E-state index in [1.165, 1.54) is 17.5 Å². The Morgan fingerprint density at radius 3 is 3.17 bits per heavy atom. The Hall–Kier alpha value is -1.48. The topological polar surface area (TPSA) is 37.8 Å². The molecule has 156 valence electrons. The van der Waals surface area contributed by atoms with Crippen molar-refractivity contribution in [3.63, 3.8) is 0 Å². The minimum Gasteiger partial charge on any atom is -0.315 e. The summed E-state index contributed by atoms with van der Waals surface area (Å²) in [5, 5.41) is 3.56. The van der Waals surface area contributed by atoms with Crippen LogP contribution in [0.25, 0.3) is 11.0 Å². The van der Waals surface area contributed by atoms with Crippen molar-refractivity contribution in [3.05, 3.63) is 35.2 Å². The Kier molecular flexibility index (Phi) is 1.91. The maximum atomic E-state index is 4.62. The molecule has 3 nitrogen and oxygen atoms in total. The van der Waals surface area contributed by atoms with Gasteiger partial charge in [-0.15, -0.1) is 0 Å². The molecule has 1 aliphatic carbocycles. The van der Waals surface area contributed by atoms with Crippen molar-refractivity contribution in [1.29, 1.82) is 0 Å². The quantitative estimate of drug-likeness (QED) is 0.526. The SMILES string of the molecule is Cc1cnc2cc3c(cc2n1)[C@@]1(C)CNC[C@@H]3C1.[HH].[HH].[HH].[HH].[HH].[HH].[HH].[HH].[HH].[HH].[HH].[HH].[HH].[HH].[HH].[HH].[HH].[HH].[HH].[HH].[HH].[HH].[HH].[HH].[HH].[HH].[HH].[HH].[HH].[HH].[HH].[HH]. The summed E-state index contributed by atoms with van der Waals surface area (Å²) >= 11 is 0. The fraction of sp³-hybridized carbons (Fsp3) is 0.467. The number of rotatable bonds is 0. The van der Waals surface area contributed by atoms with Crippen LogP contribution in [0.5, 0.6) is 0 Å². The van der Waals surface area contributed by atoms with Crippen LogP contribution in [-0.4, -0.2) is 23.1 Å². The molecule has 4 rings (SSSR count). The van der Waals surface area contributed by atoms with Gasteiger partial charge in [0, 0.05) is 70.4 Å². The second-order valence-electron chi connectivity index (χ2n) is 6.03. The lowest BCUT2D eigenvalue weighted by atomic mass is 9.81. The van der Waals surface area contributed by atoms with E-state index in [0.29, 0.717) is 5.92 Å². The molecule has 3 heteroatoms. The number of nitrogens with one attached hydrogen (secondary N) is 1. The second-order valence-corrected chi connectivity index (χ2v) is 6.03. The van der Waals surface area contributed by atoms with Gasteiger partial charge in [-0.05, 0) is 42.5 Å². The summed E-state index contributed by atoms with van der Waals surface area (Å²) in [4.78, 5) is 9.13. The molecule has 1 aromatic heterocycles. The van der Waals surface area contributed by atoms with Crippen LogP contribution in [0, 0.1) is 6.92 Å². The van der Waals surface area contributed by atoms with E-state index in [1.807, 2.05) is 13.1 Å². The van der Waals surface area contributed by atoms with E-state index in [4.69, 9.17) is 0 Å². The smallest absolute Gasteiger partial charge is 0.0893 e. The fourth-order valence-electron chi connectivity index (χ4n) is 3.66. The molecule has 1 N–H and O–H groups in total. The average Bonchev–Trinajstić information content (AvgIpc) is 2.54. The van der Waals surface area contributed by atoms with E-state index in [1.54, 1.807) is 0 Å². The van der Waals surface area contributed by atoms with E-state index in [-0.39, 0.29) is 51.1 Å². The molecule has 0 spiro atoms. The number of aromatic nitrogens is 2. The average molecular weight is 304 g/mol. The van der Waals surface area contributed by atoms with E-state index in [2.05, 4.69) is 34.3 Å². The molecule has 18 heavy (non-hydrogen) atoms. The Bertz CT molecular complexity index is 697. The summed E-state index contributed by atoms with van der Waals surface area (Å²) in [6, 6.07) is 4.54. The minimum atomic E-state index is 0. The third-order valence-corrected chi connectivity index (χ3v) is 4.53. The maximum Gasteiger partial charge on any atom is 0.0893 e. The molecule has 0 saturated carbocycles. The van der Waals surface area contributed by atoms with Gasteiger partial charge >= 0.3 is 0 Å². The molecule has 1 aromatic carbocycles. The number of hydrogen-bond acceptors (Lipinski definition) is 3. The van der Waals surface area contributed by atoms with Crippen LogP contribution in [0.3, 0.4) is 0 Å². The molecule has 2 aliphatic rings. The lowest BCUT2D eigenvalue weighted by Gasteiger charge is -2.30. The number of nitrogens with zero attached hydrogens (tertiary/aromatic N) is 2. The van der Waals surface area contributed by atoms with Gasteiger partial charge in [0.2, 0.25) is 0 Å². The normalized spacial score (nSPS) is 29.6. The first-order valence-electron chi connectivity index (χ1n) is 6.64. The lowest BCUT2D eigenvalue weighted by Crippen LogP contribution is -2.39. The van der Waals surface area contributed by atoms with Crippen LogP contribution in [0.2, 0.25) is 0 Å². The van der Waals surface area contributed by atoms with Crippen molar-refractivity contribution < 1.29 is 45.7 Å². The molecule has 1 saturated heterocycles. The molecule has 0 amide bonds. The number of piperidine rings is 1. The zero-order chi connectivity index (χ0) is 12.3. The second kappa shape index (κ2) is 3.29. The number of benzene rings is 1. The molecule has 0 unspecified atom stereocenters. The van der Waals surface area contributed by atoms with E-state index < -0.39 is 0 Å². The van der Waals surface area contributed by atoms with E-state index in [9.17, 15) is 0 Å². The van der Waals surface area contributed by atoms with Crippen LogP contribution >= 0.6 is 0 Å². The van der Waals surface area contributed by atoms with Crippen LogP contribution < -0.4 is 5.32 Å². The predicted molar refractivity (Wildman–Crippen MR) is 140 cm³/mol. The molecule has 1 aliphatic heterocycles. The van der Waals surface area contributed by atoms with Gasteiger partial charge in [0.15, 0.2) is 0 Å². The first kappa shape index (κ1) is 10.4. The third-order valence-electron chi connectivity index (χ3n) is 4.53. The van der Waals surface area contributed by atoms with Crippen LogP contribution in [0.15, 0.2) is 18.3 Å². The van der Waals surface area contributed by atoms with Gasteiger partial charge in [0.1, 0.15) is 0 Å². The minimum absolute atomic E-state index is 0. The fourth-order valence-corrected chi connectivity index (χ4v) is 3.66.